The van der Waals surface area contributed by atoms with Crippen LogP contribution in [0.5, 0.6) is 0 Å². The number of hydrogen-bond donors (Lipinski definition) is 1. The van der Waals surface area contributed by atoms with Gasteiger partial charge < -0.3 is 9.84 Å². The molecule has 0 aliphatic heterocycles. The number of benzene rings is 1. The number of carboxylic acids is 1. The molecule has 1 unspecified atom stereocenters. The zero-order chi connectivity index (χ0) is 10.7. The highest BCUT2D eigenvalue weighted by Gasteiger charge is 2.22. The summed E-state index contributed by atoms with van der Waals surface area (Å²) >= 11 is 0. The van der Waals surface area contributed by atoms with Gasteiger partial charge >= 0.3 is 5.97 Å². The predicted octanol–water partition coefficient (Wildman–Crippen LogP) is 1.91. The van der Waals surface area contributed by atoms with Crippen LogP contribution in [0.1, 0.15) is 17.2 Å². The second kappa shape index (κ2) is 4.19. The smallest absolute Gasteiger partial charge is 0.337 e. The molecule has 0 amide bonds. The number of methoxy groups -OCH3 is 1. The van der Waals surface area contributed by atoms with Crippen molar-refractivity contribution in [1.82, 2.24) is 0 Å². The highest BCUT2D eigenvalue weighted by molar-refractivity contribution is 5.74. The molecule has 0 saturated heterocycles. The van der Waals surface area contributed by atoms with Crippen LogP contribution in [0.3, 0.4) is 0 Å². The molecule has 0 bridgehead atoms. The molecule has 76 valence electrons. The normalized spacial score (nSPS) is 12.5. The molecule has 4 heteroatoms. The molecule has 1 atom stereocenters. The van der Waals surface area contributed by atoms with Crippen molar-refractivity contribution in [2.75, 3.05) is 7.11 Å². The molecule has 1 N–H and O–H groups in total. The summed E-state index contributed by atoms with van der Waals surface area (Å²) in [4.78, 5) is 10.7. The van der Waals surface area contributed by atoms with E-state index in [9.17, 15) is 9.18 Å². The SMILES string of the molecule is COC(C(=O)O)c1cccc(C)c1F. The summed E-state index contributed by atoms with van der Waals surface area (Å²) in [6.45, 7) is 1.58. The molecule has 0 fully saturated rings. The molecular formula is C10H11FO3. The van der Waals surface area contributed by atoms with E-state index in [1.165, 1.54) is 13.2 Å². The highest BCUT2D eigenvalue weighted by atomic mass is 19.1. The molecule has 0 spiro atoms. The third-order valence-electron chi connectivity index (χ3n) is 1.96. The van der Waals surface area contributed by atoms with E-state index in [2.05, 4.69) is 0 Å². The van der Waals surface area contributed by atoms with Gasteiger partial charge in [-0.1, -0.05) is 18.2 Å². The van der Waals surface area contributed by atoms with Crippen LogP contribution in [0.25, 0.3) is 0 Å². The number of aliphatic carboxylic acids is 1. The Labute approximate surface area is 81.1 Å². The third kappa shape index (κ3) is 1.90. The topological polar surface area (TPSA) is 46.5 Å². The fourth-order valence-electron chi connectivity index (χ4n) is 1.23. The second-order valence-electron chi connectivity index (χ2n) is 2.93. The van der Waals surface area contributed by atoms with Crippen molar-refractivity contribution in [2.24, 2.45) is 0 Å². The van der Waals surface area contributed by atoms with E-state index in [0.717, 1.165) is 0 Å². The standard InChI is InChI=1S/C10H11FO3/c1-6-4-3-5-7(8(6)11)9(14-2)10(12)13/h3-5,9H,1-2H3,(H,12,13). The molecule has 0 aromatic heterocycles. The Morgan fingerprint density at radius 3 is 2.71 bits per heavy atom. The minimum Gasteiger partial charge on any atom is -0.479 e. The van der Waals surface area contributed by atoms with Crippen molar-refractivity contribution in [3.8, 4) is 0 Å². The Hall–Kier alpha value is -1.42. The number of halogens is 1. The predicted molar refractivity (Wildman–Crippen MR) is 48.5 cm³/mol. The number of ether oxygens (including phenoxy) is 1. The van der Waals surface area contributed by atoms with Gasteiger partial charge in [0.05, 0.1) is 0 Å². The molecule has 0 aliphatic carbocycles. The van der Waals surface area contributed by atoms with Gasteiger partial charge in [-0.2, -0.15) is 0 Å². The van der Waals surface area contributed by atoms with Gasteiger partial charge in [-0.05, 0) is 12.5 Å². The van der Waals surface area contributed by atoms with Crippen molar-refractivity contribution in [1.29, 1.82) is 0 Å². The van der Waals surface area contributed by atoms with E-state index < -0.39 is 17.9 Å². The van der Waals surface area contributed by atoms with Crippen molar-refractivity contribution in [3.63, 3.8) is 0 Å². The van der Waals surface area contributed by atoms with E-state index >= 15 is 0 Å². The molecule has 1 aromatic carbocycles. The quantitative estimate of drug-likeness (QED) is 0.806. The van der Waals surface area contributed by atoms with E-state index in [1.807, 2.05) is 0 Å². The van der Waals surface area contributed by atoms with Crippen LogP contribution in [0, 0.1) is 12.7 Å². The molecule has 0 heterocycles. The number of aryl methyl sites for hydroxylation is 1. The first kappa shape index (κ1) is 10.7. The maximum Gasteiger partial charge on any atom is 0.337 e. The second-order valence-corrected chi connectivity index (χ2v) is 2.93. The van der Waals surface area contributed by atoms with Gasteiger partial charge in [-0.25, -0.2) is 9.18 Å². The third-order valence-corrected chi connectivity index (χ3v) is 1.96. The Balaban J connectivity index is 3.16. The molecule has 0 aliphatic rings. The van der Waals surface area contributed by atoms with Gasteiger partial charge in [0, 0.05) is 12.7 Å². The molecule has 0 radical (unpaired) electrons. The lowest BCUT2D eigenvalue weighted by atomic mass is 10.1. The van der Waals surface area contributed by atoms with Gasteiger partial charge in [0.15, 0.2) is 6.10 Å². The Bertz CT molecular complexity index is 349. The van der Waals surface area contributed by atoms with Crippen molar-refractivity contribution in [3.05, 3.63) is 35.1 Å². The zero-order valence-electron chi connectivity index (χ0n) is 7.95. The summed E-state index contributed by atoms with van der Waals surface area (Å²) in [7, 11) is 1.24. The highest BCUT2D eigenvalue weighted by Crippen LogP contribution is 2.22. The zero-order valence-corrected chi connectivity index (χ0v) is 7.95. The molecular weight excluding hydrogens is 187 g/mol. The maximum atomic E-state index is 13.5. The first-order chi connectivity index (χ1) is 6.57. The molecule has 3 nitrogen and oxygen atoms in total. The van der Waals surface area contributed by atoms with Crippen LogP contribution >= 0.6 is 0 Å². The summed E-state index contributed by atoms with van der Waals surface area (Å²) in [5.74, 6) is -1.72. The van der Waals surface area contributed by atoms with E-state index in [0.29, 0.717) is 5.56 Å². The van der Waals surface area contributed by atoms with Crippen LogP contribution in [0.2, 0.25) is 0 Å². The van der Waals surface area contributed by atoms with Crippen molar-refractivity contribution < 1.29 is 19.0 Å². The summed E-state index contributed by atoms with van der Waals surface area (Å²) in [5, 5.41) is 8.75. The first-order valence-electron chi connectivity index (χ1n) is 4.08. The Morgan fingerprint density at radius 2 is 2.21 bits per heavy atom. The van der Waals surface area contributed by atoms with E-state index in [1.54, 1.807) is 19.1 Å². The van der Waals surface area contributed by atoms with Crippen LogP contribution in [-0.2, 0) is 9.53 Å². The summed E-state index contributed by atoms with van der Waals surface area (Å²) in [5.41, 5.74) is 0.464. The lowest BCUT2D eigenvalue weighted by Crippen LogP contribution is -2.15. The van der Waals surface area contributed by atoms with Gasteiger partial charge in [0.2, 0.25) is 0 Å². The molecule has 1 rings (SSSR count). The lowest BCUT2D eigenvalue weighted by Gasteiger charge is -2.12. The first-order valence-corrected chi connectivity index (χ1v) is 4.08. The number of hydrogen-bond acceptors (Lipinski definition) is 2. The van der Waals surface area contributed by atoms with Gasteiger partial charge in [0.25, 0.3) is 0 Å². The Morgan fingerprint density at radius 1 is 1.57 bits per heavy atom. The van der Waals surface area contributed by atoms with Gasteiger partial charge in [-0.15, -0.1) is 0 Å². The fraction of sp³-hybridized carbons (Fsp3) is 0.300. The van der Waals surface area contributed by atoms with Crippen molar-refractivity contribution in [2.45, 2.75) is 13.0 Å². The number of rotatable bonds is 3. The summed E-state index contributed by atoms with van der Waals surface area (Å²) in [6, 6.07) is 4.58. The monoisotopic (exact) mass is 198 g/mol. The minimum absolute atomic E-state index is 0.0556. The van der Waals surface area contributed by atoms with Gasteiger partial charge in [0.1, 0.15) is 5.82 Å². The van der Waals surface area contributed by atoms with Crippen molar-refractivity contribution >= 4 is 5.97 Å². The largest absolute Gasteiger partial charge is 0.479 e. The summed E-state index contributed by atoms with van der Waals surface area (Å²) < 4.78 is 18.1. The van der Waals surface area contributed by atoms with Crippen LogP contribution < -0.4 is 0 Å². The fourth-order valence-corrected chi connectivity index (χ4v) is 1.23. The van der Waals surface area contributed by atoms with Crippen LogP contribution in [0.15, 0.2) is 18.2 Å². The molecule has 14 heavy (non-hydrogen) atoms. The van der Waals surface area contributed by atoms with Gasteiger partial charge in [-0.3, -0.25) is 0 Å². The maximum absolute atomic E-state index is 13.5. The lowest BCUT2D eigenvalue weighted by molar-refractivity contribution is -0.149. The average Bonchev–Trinajstić information content (AvgIpc) is 2.13. The summed E-state index contributed by atoms with van der Waals surface area (Å²) in [6.07, 6.45) is -1.24. The van der Waals surface area contributed by atoms with Crippen LogP contribution in [0.4, 0.5) is 4.39 Å². The van der Waals surface area contributed by atoms with Crippen LogP contribution in [-0.4, -0.2) is 18.2 Å². The number of carbonyl (C=O) groups is 1. The Kier molecular flexibility index (Phi) is 3.19. The average molecular weight is 198 g/mol. The molecule has 1 aromatic rings. The van der Waals surface area contributed by atoms with E-state index in [4.69, 9.17) is 9.84 Å². The van der Waals surface area contributed by atoms with E-state index in [-0.39, 0.29) is 5.56 Å². The number of carboxylic acid groups (broad SMARTS) is 1. The minimum atomic E-state index is -1.24. The molecule has 0 saturated carbocycles.